The van der Waals surface area contributed by atoms with Crippen LogP contribution in [0.1, 0.15) is 0 Å². The Balaban J connectivity index is 2.81. The minimum atomic E-state index is -2.39. The molecule has 1 aromatic heterocycles. The van der Waals surface area contributed by atoms with Gasteiger partial charge in [0.2, 0.25) is 0 Å². The van der Waals surface area contributed by atoms with Crippen molar-refractivity contribution in [3.63, 3.8) is 0 Å². The van der Waals surface area contributed by atoms with Gasteiger partial charge in [0, 0.05) is 6.20 Å². The first-order chi connectivity index (χ1) is 6.58. The van der Waals surface area contributed by atoms with Crippen LogP contribution in [-0.4, -0.2) is 38.6 Å². The second kappa shape index (κ2) is 4.03. The van der Waals surface area contributed by atoms with Crippen LogP contribution in [0.5, 0.6) is 0 Å². The van der Waals surface area contributed by atoms with Crippen LogP contribution in [0, 0.1) is 0 Å². The fourth-order valence-corrected chi connectivity index (χ4v) is 0.809. The van der Waals surface area contributed by atoms with Gasteiger partial charge in [-0.1, -0.05) is 6.07 Å². The van der Waals surface area contributed by atoms with Gasteiger partial charge in [0.05, 0.1) is 0 Å². The van der Waals surface area contributed by atoms with Crippen LogP contribution in [0.25, 0.3) is 0 Å². The molecule has 4 N–H and O–H groups in total. The van der Waals surface area contributed by atoms with Gasteiger partial charge in [-0.25, -0.2) is 9.78 Å². The number of aliphatic hydroxyl groups excluding tert-OH is 1. The molecule has 0 aliphatic carbocycles. The molecule has 0 aliphatic rings. The number of carboxylic acids is 1. The van der Waals surface area contributed by atoms with Gasteiger partial charge in [0.1, 0.15) is 12.4 Å². The van der Waals surface area contributed by atoms with Crippen LogP contribution in [0.2, 0.25) is 0 Å². The largest absolute Gasteiger partial charge is 0.478 e. The van der Waals surface area contributed by atoms with Crippen LogP contribution in [0.15, 0.2) is 24.4 Å². The third-order valence-corrected chi connectivity index (χ3v) is 1.58. The number of hydrogen-bond donors (Lipinski definition) is 4. The lowest BCUT2D eigenvalue weighted by Crippen LogP contribution is -2.49. The predicted octanol–water partition coefficient (Wildman–Crippen LogP) is -0.741. The molecule has 1 unspecified atom stereocenters. The molecule has 0 saturated heterocycles. The number of nitrogens with zero attached hydrogens (tertiary/aromatic N) is 1. The maximum Gasteiger partial charge on any atom is 0.359 e. The van der Waals surface area contributed by atoms with Crippen molar-refractivity contribution in [2.45, 2.75) is 5.72 Å². The van der Waals surface area contributed by atoms with Gasteiger partial charge in [-0.3, -0.25) is 0 Å². The van der Waals surface area contributed by atoms with Gasteiger partial charge < -0.3 is 20.6 Å². The summed E-state index contributed by atoms with van der Waals surface area (Å²) in [5.74, 6) is -1.39. The number of carbonyl (C=O) groups is 1. The lowest BCUT2D eigenvalue weighted by atomic mass is 10.2. The smallest absolute Gasteiger partial charge is 0.359 e. The molecule has 1 atom stereocenters. The Hall–Kier alpha value is -1.66. The van der Waals surface area contributed by atoms with Gasteiger partial charge in [-0.05, 0) is 12.1 Å². The Morgan fingerprint density at radius 2 is 2.29 bits per heavy atom. The van der Waals surface area contributed by atoms with Crippen molar-refractivity contribution < 1.29 is 20.1 Å². The summed E-state index contributed by atoms with van der Waals surface area (Å²) in [6.45, 7) is -0.946. The van der Waals surface area contributed by atoms with E-state index in [1.165, 1.54) is 12.3 Å². The summed E-state index contributed by atoms with van der Waals surface area (Å²) in [6, 6.07) is 4.74. The topological polar surface area (TPSA) is 103 Å². The molecule has 1 heterocycles. The summed E-state index contributed by atoms with van der Waals surface area (Å²) in [5.41, 5.74) is -2.39. The zero-order valence-corrected chi connectivity index (χ0v) is 7.21. The molecule has 1 rings (SSSR count). The van der Waals surface area contributed by atoms with Gasteiger partial charge in [0.25, 0.3) is 5.72 Å². The van der Waals surface area contributed by atoms with Crippen LogP contribution in [-0.2, 0) is 4.79 Å². The van der Waals surface area contributed by atoms with E-state index in [9.17, 15) is 9.90 Å². The van der Waals surface area contributed by atoms with Crippen molar-refractivity contribution in [2.24, 2.45) is 0 Å². The highest BCUT2D eigenvalue weighted by atomic mass is 16.4. The lowest BCUT2D eigenvalue weighted by Gasteiger charge is -2.22. The van der Waals surface area contributed by atoms with E-state index in [4.69, 9.17) is 10.2 Å². The molecule has 0 fully saturated rings. The highest BCUT2D eigenvalue weighted by Gasteiger charge is 2.35. The number of aromatic nitrogens is 1. The second-order valence-corrected chi connectivity index (χ2v) is 2.66. The molecule has 14 heavy (non-hydrogen) atoms. The molecular weight excluding hydrogens is 188 g/mol. The monoisotopic (exact) mass is 198 g/mol. The fourth-order valence-electron chi connectivity index (χ4n) is 0.809. The van der Waals surface area contributed by atoms with Crippen LogP contribution in [0.3, 0.4) is 0 Å². The SMILES string of the molecule is O=C(O)C(O)(CO)Nc1ccccn1. The number of aliphatic carboxylic acids is 1. The molecule has 0 saturated carbocycles. The second-order valence-electron chi connectivity index (χ2n) is 2.66. The van der Waals surface area contributed by atoms with Gasteiger partial charge in [-0.2, -0.15) is 0 Å². The molecule has 0 aliphatic heterocycles. The molecule has 1 aromatic rings. The van der Waals surface area contributed by atoms with Crippen LogP contribution < -0.4 is 5.32 Å². The van der Waals surface area contributed by atoms with Crippen LogP contribution in [0.4, 0.5) is 5.82 Å². The van der Waals surface area contributed by atoms with Crippen molar-refractivity contribution in [3.8, 4) is 0 Å². The average Bonchev–Trinajstić information content (AvgIpc) is 2.19. The summed E-state index contributed by atoms with van der Waals surface area (Å²) < 4.78 is 0. The van der Waals surface area contributed by atoms with E-state index in [1.807, 2.05) is 0 Å². The van der Waals surface area contributed by atoms with E-state index in [0.29, 0.717) is 0 Å². The Morgan fingerprint density at radius 1 is 1.57 bits per heavy atom. The van der Waals surface area contributed by atoms with Crippen molar-refractivity contribution >= 4 is 11.8 Å². The van der Waals surface area contributed by atoms with E-state index in [1.54, 1.807) is 12.1 Å². The Morgan fingerprint density at radius 3 is 2.71 bits per heavy atom. The molecule has 76 valence electrons. The highest BCUT2D eigenvalue weighted by molar-refractivity contribution is 5.80. The molecule has 0 spiro atoms. The molecule has 0 aromatic carbocycles. The van der Waals surface area contributed by atoms with E-state index >= 15 is 0 Å². The molecule has 0 bridgehead atoms. The van der Waals surface area contributed by atoms with Crippen LogP contribution >= 0.6 is 0 Å². The molecule has 6 nitrogen and oxygen atoms in total. The normalized spacial score (nSPS) is 14.4. The average molecular weight is 198 g/mol. The fraction of sp³-hybridized carbons (Fsp3) is 0.250. The first-order valence-electron chi connectivity index (χ1n) is 3.84. The van der Waals surface area contributed by atoms with E-state index < -0.39 is 18.3 Å². The zero-order chi connectivity index (χ0) is 10.6. The zero-order valence-electron chi connectivity index (χ0n) is 7.21. The number of pyridine rings is 1. The maximum absolute atomic E-state index is 10.6. The van der Waals surface area contributed by atoms with Crippen molar-refractivity contribution in [2.75, 3.05) is 11.9 Å². The summed E-state index contributed by atoms with van der Waals surface area (Å²) in [6.07, 6.45) is 1.43. The van der Waals surface area contributed by atoms with E-state index in [2.05, 4.69) is 10.3 Å². The van der Waals surface area contributed by atoms with Crippen molar-refractivity contribution in [1.82, 2.24) is 4.98 Å². The number of hydrogen-bond acceptors (Lipinski definition) is 5. The summed E-state index contributed by atoms with van der Waals surface area (Å²) in [7, 11) is 0. The number of rotatable bonds is 4. The summed E-state index contributed by atoms with van der Waals surface area (Å²) in [5, 5.41) is 28.8. The van der Waals surface area contributed by atoms with Crippen molar-refractivity contribution in [1.29, 1.82) is 0 Å². The van der Waals surface area contributed by atoms with Gasteiger partial charge in [0.15, 0.2) is 0 Å². The molecule has 0 amide bonds. The number of nitrogens with one attached hydrogen (secondary N) is 1. The Labute approximate surface area is 79.8 Å². The lowest BCUT2D eigenvalue weighted by molar-refractivity contribution is -0.158. The number of carboxylic acid groups (broad SMARTS) is 1. The van der Waals surface area contributed by atoms with E-state index in [-0.39, 0.29) is 5.82 Å². The third kappa shape index (κ3) is 2.18. The first kappa shape index (κ1) is 10.4. The quantitative estimate of drug-likeness (QED) is 0.475. The summed E-state index contributed by atoms with van der Waals surface area (Å²) in [4.78, 5) is 14.3. The molecule has 6 heteroatoms. The minimum absolute atomic E-state index is 0.173. The van der Waals surface area contributed by atoms with Gasteiger partial charge in [-0.15, -0.1) is 0 Å². The number of aliphatic hydroxyl groups is 2. The summed E-state index contributed by atoms with van der Waals surface area (Å²) >= 11 is 0. The molecule has 0 radical (unpaired) electrons. The minimum Gasteiger partial charge on any atom is -0.478 e. The predicted molar refractivity (Wildman–Crippen MR) is 47.5 cm³/mol. The highest BCUT2D eigenvalue weighted by Crippen LogP contribution is 2.09. The molecular formula is C8H10N2O4. The standard InChI is InChI=1S/C8H10N2O4/c11-5-8(14,7(12)13)10-6-3-1-2-4-9-6/h1-4,11,14H,5H2,(H,9,10)(H,12,13). The van der Waals surface area contributed by atoms with Gasteiger partial charge >= 0.3 is 5.97 Å². The number of anilines is 1. The first-order valence-corrected chi connectivity index (χ1v) is 3.84. The van der Waals surface area contributed by atoms with Crippen molar-refractivity contribution in [3.05, 3.63) is 24.4 Å². The third-order valence-electron chi connectivity index (χ3n) is 1.58. The maximum atomic E-state index is 10.6. The Bertz CT molecular complexity index is 316. The Kier molecular flexibility index (Phi) is 3.00. The van der Waals surface area contributed by atoms with E-state index in [0.717, 1.165) is 0 Å².